The molecule has 2 aliphatic carbocycles. The number of aliphatic hydroxyl groups is 1. The minimum absolute atomic E-state index is 0.0615. The number of rotatable bonds is 3. The molecular weight excluding hydrogens is 566 g/mol. The minimum Gasteiger partial charge on any atom is -0.393 e. The monoisotopic (exact) mass is 595 g/mol. The molecule has 3 atom stereocenters. The first-order chi connectivity index (χ1) is 19.0. The summed E-state index contributed by atoms with van der Waals surface area (Å²) in [4.78, 5) is 28.3. The lowest BCUT2D eigenvalue weighted by atomic mass is 9.55. The van der Waals surface area contributed by atoms with Gasteiger partial charge in [-0.1, -0.05) is 41.4 Å². The van der Waals surface area contributed by atoms with E-state index in [0.717, 1.165) is 0 Å². The van der Waals surface area contributed by atoms with E-state index in [-0.39, 0.29) is 29.5 Å². The van der Waals surface area contributed by atoms with Crippen molar-refractivity contribution in [2.75, 3.05) is 5.32 Å². The molecule has 0 radical (unpaired) electrons. The molecule has 40 heavy (non-hydrogen) atoms. The highest BCUT2D eigenvalue weighted by molar-refractivity contribution is 6.31. The summed E-state index contributed by atoms with van der Waals surface area (Å²) >= 11 is 12.5. The van der Waals surface area contributed by atoms with Gasteiger partial charge in [0.2, 0.25) is 17.7 Å². The van der Waals surface area contributed by atoms with Crippen LogP contribution >= 0.6 is 23.2 Å². The molecule has 2 spiro atoms. The molecule has 2 saturated carbocycles. The Morgan fingerprint density at radius 1 is 1.02 bits per heavy atom. The molecule has 6 rings (SSSR count). The van der Waals surface area contributed by atoms with Gasteiger partial charge in [-0.25, -0.2) is 13.2 Å². The van der Waals surface area contributed by atoms with Crippen LogP contribution in [0.15, 0.2) is 36.4 Å². The first-order valence-electron chi connectivity index (χ1n) is 13.7. The van der Waals surface area contributed by atoms with Crippen molar-refractivity contribution < 1.29 is 27.9 Å². The predicted octanol–water partition coefficient (Wildman–Crippen LogP) is 5.45. The van der Waals surface area contributed by atoms with E-state index in [1.807, 2.05) is 0 Å². The fraction of sp³-hybridized carbons (Fsp3) is 0.517. The number of benzene rings is 2. The van der Waals surface area contributed by atoms with E-state index in [2.05, 4.69) is 16.0 Å². The number of fused-ring (bicyclic) bond motifs is 3. The van der Waals surface area contributed by atoms with Crippen LogP contribution < -0.4 is 16.0 Å². The van der Waals surface area contributed by atoms with Crippen molar-refractivity contribution in [3.63, 3.8) is 0 Å². The number of carbonyl (C=O) groups excluding carboxylic acids is 2. The van der Waals surface area contributed by atoms with Gasteiger partial charge in [-0.2, -0.15) is 0 Å². The Kier molecular flexibility index (Phi) is 6.88. The van der Waals surface area contributed by atoms with Gasteiger partial charge in [0.25, 0.3) is 0 Å². The summed E-state index contributed by atoms with van der Waals surface area (Å²) in [7, 11) is 0. The summed E-state index contributed by atoms with van der Waals surface area (Å²) in [6, 6.07) is 7.97. The molecular formula is C29H30Cl2F3N3O3. The van der Waals surface area contributed by atoms with Crippen molar-refractivity contribution >= 4 is 40.7 Å². The van der Waals surface area contributed by atoms with Crippen molar-refractivity contribution in [2.45, 2.75) is 92.3 Å². The van der Waals surface area contributed by atoms with E-state index in [1.54, 1.807) is 24.3 Å². The second kappa shape index (κ2) is 9.89. The molecule has 2 heterocycles. The van der Waals surface area contributed by atoms with Crippen LogP contribution in [0, 0.1) is 5.82 Å². The van der Waals surface area contributed by atoms with Crippen molar-refractivity contribution in [3.05, 3.63) is 63.4 Å². The Balaban J connectivity index is 1.54. The van der Waals surface area contributed by atoms with Crippen LogP contribution in [0.5, 0.6) is 0 Å². The summed E-state index contributed by atoms with van der Waals surface area (Å²) in [6.07, 6.45) is 0.604. The third kappa shape index (κ3) is 4.23. The van der Waals surface area contributed by atoms with Crippen LogP contribution in [0.4, 0.5) is 18.9 Å². The van der Waals surface area contributed by atoms with E-state index in [9.17, 15) is 23.5 Å². The number of aliphatic hydroxyl groups excluding tert-OH is 1. The van der Waals surface area contributed by atoms with Gasteiger partial charge >= 0.3 is 0 Å². The molecule has 4 aliphatic rings. The van der Waals surface area contributed by atoms with Gasteiger partial charge in [0.15, 0.2) is 0 Å². The van der Waals surface area contributed by atoms with E-state index >= 15 is 4.39 Å². The van der Waals surface area contributed by atoms with Crippen LogP contribution in [0.3, 0.4) is 0 Å². The molecule has 0 aromatic heterocycles. The minimum atomic E-state index is -2.92. The smallest absolute Gasteiger partial charge is 0.248 e. The Morgan fingerprint density at radius 2 is 1.73 bits per heavy atom. The highest BCUT2D eigenvalue weighted by atomic mass is 35.5. The molecule has 1 saturated heterocycles. The zero-order valence-corrected chi connectivity index (χ0v) is 23.1. The van der Waals surface area contributed by atoms with Gasteiger partial charge in [-0.3, -0.25) is 14.9 Å². The topological polar surface area (TPSA) is 90.5 Å². The number of hydrogen-bond donors (Lipinski definition) is 4. The lowest BCUT2D eigenvalue weighted by molar-refractivity contribution is -0.126. The van der Waals surface area contributed by atoms with Crippen molar-refractivity contribution in [1.82, 2.24) is 10.6 Å². The molecule has 2 aliphatic heterocycles. The lowest BCUT2D eigenvalue weighted by Crippen LogP contribution is -2.62. The molecule has 2 aromatic rings. The van der Waals surface area contributed by atoms with Gasteiger partial charge < -0.3 is 15.7 Å². The highest BCUT2D eigenvalue weighted by Gasteiger charge is 2.73. The molecule has 2 amide bonds. The van der Waals surface area contributed by atoms with Crippen molar-refractivity contribution in [2.24, 2.45) is 0 Å². The number of carbonyl (C=O) groups is 2. The largest absolute Gasteiger partial charge is 0.393 e. The molecule has 0 bridgehead atoms. The zero-order valence-electron chi connectivity index (χ0n) is 21.6. The van der Waals surface area contributed by atoms with Crippen LogP contribution in [-0.4, -0.2) is 46.6 Å². The summed E-state index contributed by atoms with van der Waals surface area (Å²) < 4.78 is 45.0. The number of alkyl halides is 2. The molecule has 3 unspecified atom stereocenters. The molecule has 2 aromatic carbocycles. The molecule has 214 valence electrons. The van der Waals surface area contributed by atoms with E-state index in [0.29, 0.717) is 42.0 Å². The number of amides is 2. The average Bonchev–Trinajstić information content (AvgIpc) is 3.37. The predicted molar refractivity (Wildman–Crippen MR) is 145 cm³/mol. The Labute approximate surface area is 240 Å². The highest BCUT2D eigenvalue weighted by Crippen LogP contribution is 2.63. The fourth-order valence-electron chi connectivity index (χ4n) is 7.62. The molecule has 6 nitrogen and oxygen atoms in total. The number of anilines is 1. The van der Waals surface area contributed by atoms with Gasteiger partial charge in [0, 0.05) is 41.1 Å². The lowest BCUT2D eigenvalue weighted by Gasteiger charge is -2.48. The third-order valence-corrected chi connectivity index (χ3v) is 10.0. The Hall–Kier alpha value is -2.33. The zero-order chi connectivity index (χ0) is 28.4. The molecule has 11 heteroatoms. The summed E-state index contributed by atoms with van der Waals surface area (Å²) in [5, 5.41) is 19.4. The molecule has 4 N–H and O–H groups in total. The van der Waals surface area contributed by atoms with Gasteiger partial charge in [0.1, 0.15) is 11.2 Å². The number of hydrogen-bond acceptors (Lipinski definition) is 4. The van der Waals surface area contributed by atoms with Crippen molar-refractivity contribution in [3.8, 4) is 0 Å². The Morgan fingerprint density at radius 3 is 2.42 bits per heavy atom. The summed E-state index contributed by atoms with van der Waals surface area (Å²) in [5.74, 6) is -5.74. The summed E-state index contributed by atoms with van der Waals surface area (Å²) in [5.41, 5.74) is -1.92. The quantitative estimate of drug-likeness (QED) is 0.380. The van der Waals surface area contributed by atoms with E-state index < -0.39 is 65.4 Å². The van der Waals surface area contributed by atoms with Crippen LogP contribution in [0.1, 0.15) is 68.4 Å². The second-order valence-electron chi connectivity index (χ2n) is 11.6. The van der Waals surface area contributed by atoms with Crippen LogP contribution in [-0.2, 0) is 15.0 Å². The van der Waals surface area contributed by atoms with Crippen LogP contribution in [0.2, 0.25) is 10.0 Å². The van der Waals surface area contributed by atoms with Gasteiger partial charge in [-0.05, 0) is 67.9 Å². The van der Waals surface area contributed by atoms with E-state index in [4.69, 9.17) is 23.2 Å². The van der Waals surface area contributed by atoms with Crippen LogP contribution in [0.25, 0.3) is 0 Å². The van der Waals surface area contributed by atoms with E-state index in [1.165, 1.54) is 12.1 Å². The molecule has 3 fully saturated rings. The first kappa shape index (κ1) is 27.8. The average molecular weight is 596 g/mol. The van der Waals surface area contributed by atoms with Gasteiger partial charge in [0.05, 0.1) is 17.2 Å². The maximum Gasteiger partial charge on any atom is 0.248 e. The fourth-order valence-corrected chi connectivity index (χ4v) is 7.97. The summed E-state index contributed by atoms with van der Waals surface area (Å²) in [6.45, 7) is 0. The maximum absolute atomic E-state index is 15.9. The number of nitrogens with one attached hydrogen (secondary N) is 3. The maximum atomic E-state index is 15.9. The van der Waals surface area contributed by atoms with Gasteiger partial charge in [-0.15, -0.1) is 0 Å². The third-order valence-electron chi connectivity index (χ3n) is 9.48. The first-order valence-corrected chi connectivity index (χ1v) is 14.4. The SMILES string of the molecule is O=C(NC1CCC(O)CC1)C1NC2(CCC(F)(F)CC2)C2(C(=O)Nc3cc(Cl)ccc32)C1c1cccc(Cl)c1F. The second-order valence-corrected chi connectivity index (χ2v) is 12.5. The van der Waals surface area contributed by atoms with Crippen molar-refractivity contribution in [1.29, 1.82) is 0 Å². The Bertz CT molecular complexity index is 1360. The standard InChI is InChI=1S/C29H30Cl2F3N3O3/c30-15-4-9-19-21(14-15)36-26(40)29(19)22(18-2-1-3-20(31)23(18)32)24(25(39)35-16-5-7-17(38)8-6-16)37-27(29)10-12-28(33,34)13-11-27/h1-4,9,14,16-17,22,24,37-38H,5-8,10-13H2,(H,35,39)(H,36,40). The normalized spacial score (nSPS) is 32.2. The number of halogens is 5.